The molecular weight excluding hydrogens is 264 g/mol. The Balaban J connectivity index is 2.12. The molecule has 3 rings (SSSR count). The summed E-state index contributed by atoms with van der Waals surface area (Å²) in [6.45, 7) is 1.96. The van der Waals surface area contributed by atoms with Crippen LogP contribution in [0.4, 0.5) is 5.69 Å². The molecule has 3 aromatic rings. The second-order valence-corrected chi connectivity index (χ2v) is 4.80. The average Bonchev–Trinajstić information content (AvgIpc) is 2.50. The molecule has 0 aliphatic carbocycles. The van der Waals surface area contributed by atoms with Gasteiger partial charge in [0.2, 0.25) is 5.88 Å². The number of nitrogens with two attached hydrogens (primary N) is 1. The molecule has 0 aliphatic rings. The first kappa shape index (κ1) is 13.2. The smallest absolute Gasteiger partial charge is 0.227 e. The van der Waals surface area contributed by atoms with E-state index in [1.54, 1.807) is 13.3 Å². The summed E-state index contributed by atoms with van der Waals surface area (Å²) in [7, 11) is 1.64. The molecule has 2 aromatic carbocycles. The lowest BCUT2D eigenvalue weighted by Gasteiger charge is -2.12. The van der Waals surface area contributed by atoms with Crippen molar-refractivity contribution in [1.82, 2.24) is 4.98 Å². The Morgan fingerprint density at radius 2 is 1.95 bits per heavy atom. The van der Waals surface area contributed by atoms with Crippen molar-refractivity contribution in [3.05, 3.63) is 54.2 Å². The van der Waals surface area contributed by atoms with E-state index in [1.165, 1.54) is 0 Å². The zero-order chi connectivity index (χ0) is 14.8. The van der Waals surface area contributed by atoms with E-state index in [2.05, 4.69) is 4.98 Å². The number of anilines is 1. The van der Waals surface area contributed by atoms with Crippen molar-refractivity contribution >= 4 is 16.5 Å². The van der Waals surface area contributed by atoms with E-state index in [9.17, 15) is 0 Å². The SMILES string of the molecule is COc1ccc2ccnc(Oc3c(C)cccc3N)c2c1. The minimum Gasteiger partial charge on any atom is -0.497 e. The second-order valence-electron chi connectivity index (χ2n) is 4.80. The first-order valence-electron chi connectivity index (χ1n) is 6.65. The fraction of sp³-hybridized carbons (Fsp3) is 0.118. The van der Waals surface area contributed by atoms with Crippen LogP contribution in [0.1, 0.15) is 5.56 Å². The molecule has 2 N–H and O–H groups in total. The fourth-order valence-electron chi connectivity index (χ4n) is 2.24. The van der Waals surface area contributed by atoms with Gasteiger partial charge in [0.25, 0.3) is 0 Å². The van der Waals surface area contributed by atoms with Crippen molar-refractivity contribution in [2.75, 3.05) is 12.8 Å². The Bertz CT molecular complexity index is 780. The van der Waals surface area contributed by atoms with Gasteiger partial charge >= 0.3 is 0 Å². The molecule has 0 spiro atoms. The summed E-state index contributed by atoms with van der Waals surface area (Å²) >= 11 is 0. The van der Waals surface area contributed by atoms with Crippen LogP contribution >= 0.6 is 0 Å². The summed E-state index contributed by atoms with van der Waals surface area (Å²) in [5.74, 6) is 1.92. The monoisotopic (exact) mass is 280 g/mol. The number of nitrogen functional groups attached to an aromatic ring is 1. The molecule has 0 bridgehead atoms. The van der Waals surface area contributed by atoms with Crippen LogP contribution in [0.15, 0.2) is 48.7 Å². The molecule has 106 valence electrons. The van der Waals surface area contributed by atoms with Gasteiger partial charge in [0.15, 0.2) is 5.75 Å². The molecule has 0 atom stereocenters. The van der Waals surface area contributed by atoms with Crippen LogP contribution in [0.2, 0.25) is 0 Å². The van der Waals surface area contributed by atoms with Gasteiger partial charge in [0.05, 0.1) is 12.8 Å². The van der Waals surface area contributed by atoms with Crippen molar-refractivity contribution < 1.29 is 9.47 Å². The molecule has 0 aliphatic heterocycles. The summed E-state index contributed by atoms with van der Waals surface area (Å²) in [6, 6.07) is 13.4. The van der Waals surface area contributed by atoms with Crippen molar-refractivity contribution in [2.24, 2.45) is 0 Å². The lowest BCUT2D eigenvalue weighted by molar-refractivity contribution is 0.415. The quantitative estimate of drug-likeness (QED) is 0.739. The predicted molar refractivity (Wildman–Crippen MR) is 84.0 cm³/mol. The zero-order valence-electron chi connectivity index (χ0n) is 12.0. The van der Waals surface area contributed by atoms with E-state index >= 15 is 0 Å². The van der Waals surface area contributed by atoms with Gasteiger partial charge in [0.1, 0.15) is 5.75 Å². The van der Waals surface area contributed by atoms with Crippen LogP contribution in [0.3, 0.4) is 0 Å². The summed E-state index contributed by atoms with van der Waals surface area (Å²) in [6.07, 6.45) is 1.72. The molecule has 4 nitrogen and oxygen atoms in total. The minimum absolute atomic E-state index is 0.521. The molecule has 0 fully saturated rings. The lowest BCUT2D eigenvalue weighted by atomic mass is 10.1. The highest BCUT2D eigenvalue weighted by atomic mass is 16.5. The molecule has 0 unspecified atom stereocenters. The number of benzene rings is 2. The Kier molecular flexibility index (Phi) is 3.36. The van der Waals surface area contributed by atoms with E-state index in [0.717, 1.165) is 22.1 Å². The highest BCUT2D eigenvalue weighted by Crippen LogP contribution is 2.34. The Morgan fingerprint density at radius 3 is 2.71 bits per heavy atom. The van der Waals surface area contributed by atoms with Crippen LogP contribution in [0, 0.1) is 6.92 Å². The number of nitrogens with zero attached hydrogens (tertiary/aromatic N) is 1. The third-order valence-electron chi connectivity index (χ3n) is 3.38. The molecule has 1 aromatic heterocycles. The molecule has 21 heavy (non-hydrogen) atoms. The third kappa shape index (κ3) is 2.48. The number of aryl methyl sites for hydroxylation is 1. The summed E-state index contributed by atoms with van der Waals surface area (Å²) in [5.41, 5.74) is 7.56. The number of ether oxygens (including phenoxy) is 2. The van der Waals surface area contributed by atoms with Crippen molar-refractivity contribution in [1.29, 1.82) is 0 Å². The zero-order valence-corrected chi connectivity index (χ0v) is 12.0. The molecule has 0 saturated heterocycles. The number of methoxy groups -OCH3 is 1. The van der Waals surface area contributed by atoms with Crippen LogP contribution in [-0.2, 0) is 0 Å². The summed E-state index contributed by atoms with van der Waals surface area (Å²) in [5, 5.41) is 1.92. The number of pyridine rings is 1. The highest BCUT2D eigenvalue weighted by Gasteiger charge is 2.10. The number of hydrogen-bond acceptors (Lipinski definition) is 4. The summed E-state index contributed by atoms with van der Waals surface area (Å²) in [4.78, 5) is 4.33. The number of rotatable bonds is 3. The second kappa shape index (κ2) is 5.32. The average molecular weight is 280 g/mol. The topological polar surface area (TPSA) is 57.4 Å². The van der Waals surface area contributed by atoms with E-state index in [0.29, 0.717) is 17.3 Å². The molecule has 4 heteroatoms. The van der Waals surface area contributed by atoms with Crippen LogP contribution in [-0.4, -0.2) is 12.1 Å². The molecule has 0 saturated carbocycles. The van der Waals surface area contributed by atoms with Crippen LogP contribution < -0.4 is 15.2 Å². The first-order chi connectivity index (χ1) is 10.2. The van der Waals surface area contributed by atoms with Crippen molar-refractivity contribution in [3.63, 3.8) is 0 Å². The molecule has 0 amide bonds. The van der Waals surface area contributed by atoms with E-state index in [4.69, 9.17) is 15.2 Å². The van der Waals surface area contributed by atoms with Gasteiger partial charge in [-0.15, -0.1) is 0 Å². The number of para-hydroxylation sites is 1. The Morgan fingerprint density at radius 1 is 1.10 bits per heavy atom. The van der Waals surface area contributed by atoms with Gasteiger partial charge in [0, 0.05) is 11.6 Å². The van der Waals surface area contributed by atoms with Gasteiger partial charge in [-0.25, -0.2) is 4.98 Å². The van der Waals surface area contributed by atoms with Gasteiger partial charge < -0.3 is 15.2 Å². The Hall–Kier alpha value is -2.75. The maximum absolute atomic E-state index is 5.99. The minimum atomic E-state index is 0.521. The normalized spacial score (nSPS) is 10.6. The maximum atomic E-state index is 5.99. The van der Waals surface area contributed by atoms with E-state index < -0.39 is 0 Å². The van der Waals surface area contributed by atoms with Gasteiger partial charge in [-0.2, -0.15) is 0 Å². The van der Waals surface area contributed by atoms with Crippen molar-refractivity contribution in [3.8, 4) is 17.4 Å². The van der Waals surface area contributed by atoms with E-state index in [-0.39, 0.29) is 0 Å². The first-order valence-corrected chi connectivity index (χ1v) is 6.65. The van der Waals surface area contributed by atoms with Gasteiger partial charge in [-0.3, -0.25) is 0 Å². The lowest BCUT2D eigenvalue weighted by Crippen LogP contribution is -1.96. The van der Waals surface area contributed by atoms with Crippen LogP contribution in [0.25, 0.3) is 10.8 Å². The van der Waals surface area contributed by atoms with Gasteiger partial charge in [-0.05, 0) is 42.1 Å². The van der Waals surface area contributed by atoms with Gasteiger partial charge in [-0.1, -0.05) is 18.2 Å². The predicted octanol–water partition coefficient (Wildman–Crippen LogP) is 3.93. The highest BCUT2D eigenvalue weighted by molar-refractivity contribution is 5.88. The number of fused-ring (bicyclic) bond motifs is 1. The largest absolute Gasteiger partial charge is 0.497 e. The van der Waals surface area contributed by atoms with E-state index in [1.807, 2.05) is 49.4 Å². The van der Waals surface area contributed by atoms with Crippen LogP contribution in [0.5, 0.6) is 17.4 Å². The number of aromatic nitrogens is 1. The maximum Gasteiger partial charge on any atom is 0.227 e. The van der Waals surface area contributed by atoms with Crippen molar-refractivity contribution in [2.45, 2.75) is 6.92 Å². The molecule has 1 heterocycles. The third-order valence-corrected chi connectivity index (χ3v) is 3.38. The molecule has 0 radical (unpaired) electrons. The fourth-order valence-corrected chi connectivity index (χ4v) is 2.24. The Labute approximate surface area is 123 Å². The standard InChI is InChI=1S/C17H16N2O2/c1-11-4-3-5-15(18)16(11)21-17-14-10-13(20-2)7-6-12(14)8-9-19-17/h3-10H,18H2,1-2H3. The molecular formula is C17H16N2O2. The number of hydrogen-bond donors (Lipinski definition) is 1. The summed E-state index contributed by atoms with van der Waals surface area (Å²) < 4.78 is 11.2.